The van der Waals surface area contributed by atoms with Gasteiger partial charge in [-0.3, -0.25) is 0 Å². The van der Waals surface area contributed by atoms with Crippen molar-refractivity contribution >= 4 is 0 Å². The molecule has 2 fully saturated rings. The lowest BCUT2D eigenvalue weighted by molar-refractivity contribution is 0.0811. The number of unbranched alkanes of at least 4 members (excludes halogenated alkanes) is 7. The maximum absolute atomic E-state index is 5.86. The molecule has 0 amide bonds. The van der Waals surface area contributed by atoms with Crippen LogP contribution in [0.2, 0.25) is 0 Å². The molecule has 2 unspecified atom stereocenters. The largest absolute Gasteiger partial charge is 0.376 e. The topological polar surface area (TPSA) is 21.3 Å². The fourth-order valence-corrected chi connectivity index (χ4v) is 3.27. The van der Waals surface area contributed by atoms with Gasteiger partial charge in [-0.05, 0) is 38.1 Å². The van der Waals surface area contributed by atoms with Gasteiger partial charge in [0, 0.05) is 12.6 Å². The molecule has 2 nitrogen and oxygen atoms in total. The van der Waals surface area contributed by atoms with Crippen LogP contribution in [0.3, 0.4) is 0 Å². The molecule has 2 heteroatoms. The Morgan fingerprint density at radius 3 is 2.26 bits per heavy atom. The number of nitrogens with one attached hydrogen (secondary N) is 1. The second-order valence-corrected chi connectivity index (χ2v) is 6.50. The first-order valence-corrected chi connectivity index (χ1v) is 8.77. The van der Waals surface area contributed by atoms with Gasteiger partial charge < -0.3 is 10.1 Å². The van der Waals surface area contributed by atoms with Gasteiger partial charge >= 0.3 is 0 Å². The molecule has 19 heavy (non-hydrogen) atoms. The lowest BCUT2D eigenvalue weighted by atomic mass is 10.1. The summed E-state index contributed by atoms with van der Waals surface area (Å²) in [5, 5.41) is 3.74. The lowest BCUT2D eigenvalue weighted by Gasteiger charge is -2.19. The van der Waals surface area contributed by atoms with Gasteiger partial charge in [0.2, 0.25) is 0 Å². The van der Waals surface area contributed by atoms with E-state index in [9.17, 15) is 0 Å². The minimum atomic E-state index is 0.550. The predicted octanol–water partition coefficient (Wildman–Crippen LogP) is 4.28. The lowest BCUT2D eigenvalue weighted by Crippen LogP contribution is -2.38. The van der Waals surface area contributed by atoms with Gasteiger partial charge in [-0.15, -0.1) is 0 Å². The molecule has 1 aliphatic carbocycles. The van der Waals surface area contributed by atoms with E-state index >= 15 is 0 Å². The highest BCUT2D eigenvalue weighted by Gasteiger charge is 2.40. The van der Waals surface area contributed by atoms with Crippen molar-refractivity contribution in [1.29, 1.82) is 0 Å². The van der Waals surface area contributed by atoms with Crippen LogP contribution in [0.15, 0.2) is 0 Å². The molecule has 0 aromatic carbocycles. The maximum atomic E-state index is 5.86. The standard InChI is InChI=1S/C17H33NO/c1-2-3-4-5-6-7-8-9-13-18-16-12-14-19-17(16)15-10-11-15/h15-18H,2-14H2,1H3. The van der Waals surface area contributed by atoms with Crippen LogP contribution in [0.1, 0.15) is 77.6 Å². The van der Waals surface area contributed by atoms with E-state index in [0.717, 1.165) is 12.5 Å². The van der Waals surface area contributed by atoms with Gasteiger partial charge in [0.15, 0.2) is 0 Å². The molecular formula is C17H33NO. The fraction of sp³-hybridized carbons (Fsp3) is 1.00. The van der Waals surface area contributed by atoms with Gasteiger partial charge in [-0.2, -0.15) is 0 Å². The Bertz CT molecular complexity index is 227. The van der Waals surface area contributed by atoms with Gasteiger partial charge in [-0.25, -0.2) is 0 Å². The van der Waals surface area contributed by atoms with Crippen LogP contribution < -0.4 is 5.32 Å². The first kappa shape index (κ1) is 15.3. The molecule has 2 atom stereocenters. The molecule has 1 N–H and O–H groups in total. The molecule has 0 aromatic heterocycles. The first-order chi connectivity index (χ1) is 9.42. The summed E-state index contributed by atoms with van der Waals surface area (Å²) in [5.74, 6) is 0.888. The van der Waals surface area contributed by atoms with Crippen molar-refractivity contribution in [1.82, 2.24) is 5.32 Å². The number of hydrogen-bond donors (Lipinski definition) is 1. The summed E-state index contributed by atoms with van der Waals surface area (Å²) < 4.78 is 5.86. The van der Waals surface area contributed by atoms with Crippen LogP contribution in [0.5, 0.6) is 0 Å². The monoisotopic (exact) mass is 267 g/mol. The zero-order valence-corrected chi connectivity index (χ0v) is 12.8. The van der Waals surface area contributed by atoms with Gasteiger partial charge in [-0.1, -0.05) is 51.9 Å². The van der Waals surface area contributed by atoms with Crippen LogP contribution in [-0.4, -0.2) is 25.3 Å². The van der Waals surface area contributed by atoms with Crippen LogP contribution in [0, 0.1) is 5.92 Å². The van der Waals surface area contributed by atoms with Crippen LogP contribution in [0.4, 0.5) is 0 Å². The molecule has 1 saturated heterocycles. The van der Waals surface area contributed by atoms with Crippen molar-refractivity contribution in [2.75, 3.05) is 13.2 Å². The highest BCUT2D eigenvalue weighted by Crippen LogP contribution is 2.38. The Morgan fingerprint density at radius 2 is 1.58 bits per heavy atom. The molecule has 1 heterocycles. The van der Waals surface area contributed by atoms with Gasteiger partial charge in [0.1, 0.15) is 0 Å². The van der Waals surface area contributed by atoms with Crippen molar-refractivity contribution in [2.24, 2.45) is 5.92 Å². The molecular weight excluding hydrogens is 234 g/mol. The average molecular weight is 267 g/mol. The highest BCUT2D eigenvalue weighted by molar-refractivity contribution is 4.93. The summed E-state index contributed by atoms with van der Waals surface area (Å²) in [7, 11) is 0. The molecule has 2 rings (SSSR count). The van der Waals surface area contributed by atoms with Crippen LogP contribution in [-0.2, 0) is 4.74 Å². The van der Waals surface area contributed by atoms with E-state index < -0.39 is 0 Å². The zero-order valence-electron chi connectivity index (χ0n) is 12.8. The second kappa shape index (κ2) is 8.97. The summed E-state index contributed by atoms with van der Waals surface area (Å²) in [6.07, 6.45) is 15.9. The summed E-state index contributed by atoms with van der Waals surface area (Å²) in [4.78, 5) is 0. The Balaban J connectivity index is 1.39. The van der Waals surface area contributed by atoms with E-state index in [1.807, 2.05) is 0 Å². The first-order valence-electron chi connectivity index (χ1n) is 8.77. The zero-order chi connectivity index (χ0) is 13.3. The molecule has 0 aromatic rings. The van der Waals surface area contributed by atoms with E-state index in [-0.39, 0.29) is 0 Å². The van der Waals surface area contributed by atoms with Crippen molar-refractivity contribution in [3.63, 3.8) is 0 Å². The van der Waals surface area contributed by atoms with E-state index in [1.54, 1.807) is 0 Å². The van der Waals surface area contributed by atoms with Crippen molar-refractivity contribution in [2.45, 2.75) is 89.7 Å². The Morgan fingerprint density at radius 1 is 0.895 bits per heavy atom. The summed E-state index contributed by atoms with van der Waals surface area (Å²) in [5.41, 5.74) is 0. The predicted molar refractivity (Wildman–Crippen MR) is 81.5 cm³/mol. The molecule has 0 spiro atoms. The van der Waals surface area contributed by atoms with Crippen molar-refractivity contribution in [3.05, 3.63) is 0 Å². The smallest absolute Gasteiger partial charge is 0.0756 e. The Hall–Kier alpha value is -0.0800. The van der Waals surface area contributed by atoms with Gasteiger partial charge in [0.05, 0.1) is 6.10 Å². The molecule has 0 radical (unpaired) electrons. The SMILES string of the molecule is CCCCCCCCCCNC1CCOC1C1CC1. The maximum Gasteiger partial charge on any atom is 0.0756 e. The number of rotatable bonds is 11. The molecule has 1 aliphatic heterocycles. The second-order valence-electron chi connectivity index (χ2n) is 6.50. The summed E-state index contributed by atoms with van der Waals surface area (Å²) in [6, 6.07) is 0.664. The minimum absolute atomic E-state index is 0.550. The van der Waals surface area contributed by atoms with E-state index in [1.165, 1.54) is 77.2 Å². The molecule has 2 aliphatic rings. The highest BCUT2D eigenvalue weighted by atomic mass is 16.5. The quantitative estimate of drug-likeness (QED) is 0.564. The molecule has 0 bridgehead atoms. The van der Waals surface area contributed by atoms with E-state index in [4.69, 9.17) is 4.74 Å². The summed E-state index contributed by atoms with van der Waals surface area (Å²) in [6.45, 7) is 4.47. The van der Waals surface area contributed by atoms with E-state index in [2.05, 4.69) is 12.2 Å². The number of ether oxygens (including phenoxy) is 1. The minimum Gasteiger partial charge on any atom is -0.376 e. The Kier molecular flexibility index (Phi) is 7.23. The fourth-order valence-electron chi connectivity index (χ4n) is 3.27. The number of hydrogen-bond acceptors (Lipinski definition) is 2. The average Bonchev–Trinajstić information content (AvgIpc) is 3.16. The third kappa shape index (κ3) is 5.83. The Labute approximate surface area is 119 Å². The van der Waals surface area contributed by atoms with Crippen molar-refractivity contribution in [3.8, 4) is 0 Å². The molecule has 1 saturated carbocycles. The van der Waals surface area contributed by atoms with E-state index in [0.29, 0.717) is 12.1 Å². The van der Waals surface area contributed by atoms with Crippen LogP contribution >= 0.6 is 0 Å². The summed E-state index contributed by atoms with van der Waals surface area (Å²) >= 11 is 0. The van der Waals surface area contributed by atoms with Crippen molar-refractivity contribution < 1.29 is 4.74 Å². The van der Waals surface area contributed by atoms with Crippen LogP contribution in [0.25, 0.3) is 0 Å². The normalized spacial score (nSPS) is 27.0. The molecule has 112 valence electrons. The van der Waals surface area contributed by atoms with Gasteiger partial charge in [0.25, 0.3) is 0 Å². The third-order valence-electron chi connectivity index (χ3n) is 4.66. The third-order valence-corrected chi connectivity index (χ3v) is 4.66.